The maximum absolute atomic E-state index is 11.9. The monoisotopic (exact) mass is 281 g/mol. The summed E-state index contributed by atoms with van der Waals surface area (Å²) in [5.41, 5.74) is 6.19. The normalized spacial score (nSPS) is 15.2. The van der Waals surface area contributed by atoms with Crippen LogP contribution in [0.5, 0.6) is 5.75 Å². The van der Waals surface area contributed by atoms with Gasteiger partial charge in [-0.25, -0.2) is 0 Å². The molecule has 0 saturated carbocycles. The lowest BCUT2D eigenvalue weighted by molar-refractivity contribution is -0.274. The molecule has 0 aliphatic heterocycles. The minimum Gasteiger partial charge on any atom is -0.406 e. The smallest absolute Gasteiger partial charge is 0.406 e. The van der Waals surface area contributed by atoms with Gasteiger partial charge in [-0.15, -0.1) is 13.2 Å². The molecule has 0 heterocycles. The van der Waals surface area contributed by atoms with Gasteiger partial charge in [0.1, 0.15) is 5.75 Å². The molecule has 2 unspecified atom stereocenters. The van der Waals surface area contributed by atoms with Crippen molar-refractivity contribution >= 4 is 10.8 Å². The summed E-state index contributed by atoms with van der Waals surface area (Å²) in [5, 5.41) is 0. The number of hydrogen-bond acceptors (Lipinski definition) is 3. The number of ether oxygens (including phenoxy) is 1. The molecule has 102 valence electrons. The van der Waals surface area contributed by atoms with E-state index in [1.54, 1.807) is 6.92 Å². The fourth-order valence-corrected chi connectivity index (χ4v) is 2.59. The van der Waals surface area contributed by atoms with Crippen LogP contribution in [0.3, 0.4) is 0 Å². The van der Waals surface area contributed by atoms with E-state index in [1.807, 2.05) is 0 Å². The van der Waals surface area contributed by atoms with Crippen LogP contribution in [0.1, 0.15) is 12.5 Å². The Hall–Kier alpha value is -1.08. The molecule has 0 radical (unpaired) electrons. The van der Waals surface area contributed by atoms with Crippen LogP contribution >= 0.6 is 0 Å². The zero-order valence-electron chi connectivity index (χ0n) is 9.74. The molecule has 0 saturated heterocycles. The van der Waals surface area contributed by atoms with E-state index in [-0.39, 0.29) is 17.5 Å². The summed E-state index contributed by atoms with van der Waals surface area (Å²) in [6.07, 6.45) is -4.70. The van der Waals surface area contributed by atoms with Crippen LogP contribution in [0.25, 0.3) is 0 Å². The van der Waals surface area contributed by atoms with Crippen molar-refractivity contribution in [2.24, 2.45) is 5.73 Å². The SMILES string of the molecule is CC(N)CS(=O)Cc1ccc(OC(F)(F)F)cc1. The zero-order chi connectivity index (χ0) is 13.8. The summed E-state index contributed by atoms with van der Waals surface area (Å²) in [4.78, 5) is 0. The highest BCUT2D eigenvalue weighted by Gasteiger charge is 2.30. The second kappa shape index (κ2) is 6.19. The van der Waals surface area contributed by atoms with E-state index in [9.17, 15) is 17.4 Å². The molecule has 0 aliphatic rings. The lowest BCUT2D eigenvalue weighted by atomic mass is 10.2. The summed E-state index contributed by atoms with van der Waals surface area (Å²) in [6, 6.07) is 5.15. The van der Waals surface area contributed by atoms with Crippen LogP contribution in [-0.4, -0.2) is 22.4 Å². The predicted octanol–water partition coefficient (Wildman–Crippen LogP) is 2.18. The van der Waals surface area contributed by atoms with Crippen molar-refractivity contribution in [3.8, 4) is 5.75 Å². The van der Waals surface area contributed by atoms with Gasteiger partial charge in [0.15, 0.2) is 0 Å². The Balaban J connectivity index is 2.58. The van der Waals surface area contributed by atoms with Crippen molar-refractivity contribution in [1.29, 1.82) is 0 Å². The highest BCUT2D eigenvalue weighted by atomic mass is 32.2. The Kier molecular flexibility index (Phi) is 5.15. The summed E-state index contributed by atoms with van der Waals surface area (Å²) < 4.78 is 51.0. The lowest BCUT2D eigenvalue weighted by Crippen LogP contribution is -2.23. The van der Waals surface area contributed by atoms with Gasteiger partial charge < -0.3 is 10.5 Å². The van der Waals surface area contributed by atoms with Crippen LogP contribution in [0.4, 0.5) is 13.2 Å². The third-order valence-electron chi connectivity index (χ3n) is 1.93. The molecule has 0 amide bonds. The Morgan fingerprint density at radius 2 is 1.89 bits per heavy atom. The summed E-state index contributed by atoms with van der Waals surface area (Å²) >= 11 is 0. The van der Waals surface area contributed by atoms with E-state index >= 15 is 0 Å². The van der Waals surface area contributed by atoms with Gasteiger partial charge in [0, 0.05) is 28.3 Å². The van der Waals surface area contributed by atoms with Crippen molar-refractivity contribution in [2.75, 3.05) is 5.75 Å². The second-order valence-corrected chi connectivity index (χ2v) is 5.42. The third kappa shape index (κ3) is 6.02. The van der Waals surface area contributed by atoms with Crippen LogP contribution in [0.15, 0.2) is 24.3 Å². The quantitative estimate of drug-likeness (QED) is 0.900. The Bertz CT molecular complexity index is 404. The topological polar surface area (TPSA) is 52.3 Å². The van der Waals surface area contributed by atoms with Crippen molar-refractivity contribution in [3.05, 3.63) is 29.8 Å². The number of benzene rings is 1. The number of rotatable bonds is 5. The van der Waals surface area contributed by atoms with E-state index < -0.39 is 17.2 Å². The number of hydrogen-bond donors (Lipinski definition) is 1. The van der Waals surface area contributed by atoms with E-state index in [2.05, 4.69) is 4.74 Å². The summed E-state index contributed by atoms with van der Waals surface area (Å²) in [6.45, 7) is 1.75. The number of alkyl halides is 3. The van der Waals surface area contributed by atoms with Crippen LogP contribution in [0, 0.1) is 0 Å². The largest absolute Gasteiger partial charge is 0.573 e. The molecule has 0 aliphatic carbocycles. The van der Waals surface area contributed by atoms with Crippen molar-refractivity contribution in [1.82, 2.24) is 0 Å². The highest BCUT2D eigenvalue weighted by molar-refractivity contribution is 7.84. The molecule has 7 heteroatoms. The average molecular weight is 281 g/mol. The first kappa shape index (κ1) is 15.0. The Morgan fingerprint density at radius 1 is 1.33 bits per heavy atom. The first-order valence-electron chi connectivity index (χ1n) is 5.21. The van der Waals surface area contributed by atoms with E-state index in [1.165, 1.54) is 24.3 Å². The zero-order valence-corrected chi connectivity index (χ0v) is 10.6. The fraction of sp³-hybridized carbons (Fsp3) is 0.455. The maximum Gasteiger partial charge on any atom is 0.573 e. The fourth-order valence-electron chi connectivity index (χ4n) is 1.33. The van der Waals surface area contributed by atoms with Gasteiger partial charge in [0.2, 0.25) is 0 Å². The maximum atomic E-state index is 11.9. The van der Waals surface area contributed by atoms with Gasteiger partial charge >= 0.3 is 6.36 Å². The molecule has 0 fully saturated rings. The molecule has 0 spiro atoms. The van der Waals surface area contributed by atoms with Crippen LogP contribution in [-0.2, 0) is 16.6 Å². The first-order valence-corrected chi connectivity index (χ1v) is 6.70. The average Bonchev–Trinajstić information content (AvgIpc) is 2.17. The van der Waals surface area contributed by atoms with Gasteiger partial charge in [-0.2, -0.15) is 0 Å². The van der Waals surface area contributed by atoms with Gasteiger partial charge in [0.05, 0.1) is 0 Å². The molecule has 1 rings (SSSR count). The second-order valence-electron chi connectivity index (χ2n) is 3.92. The lowest BCUT2D eigenvalue weighted by Gasteiger charge is -2.09. The first-order chi connectivity index (χ1) is 8.26. The van der Waals surface area contributed by atoms with E-state index in [0.29, 0.717) is 11.3 Å². The molecule has 3 nitrogen and oxygen atoms in total. The molecule has 1 aromatic rings. The summed E-state index contributed by atoms with van der Waals surface area (Å²) in [5.74, 6) is 0.346. The van der Waals surface area contributed by atoms with Crippen molar-refractivity contribution in [3.63, 3.8) is 0 Å². The van der Waals surface area contributed by atoms with Gasteiger partial charge in [-0.3, -0.25) is 4.21 Å². The number of halogens is 3. The standard InChI is InChI=1S/C11H14F3NO2S/c1-8(15)6-18(16)7-9-2-4-10(5-3-9)17-11(12,13)14/h2-5,8H,6-7,15H2,1H3. The Labute approximate surface area is 106 Å². The van der Waals surface area contributed by atoms with E-state index in [0.717, 1.165) is 0 Å². The highest BCUT2D eigenvalue weighted by Crippen LogP contribution is 2.22. The molecular weight excluding hydrogens is 267 g/mol. The van der Waals surface area contributed by atoms with Crippen LogP contribution in [0.2, 0.25) is 0 Å². The molecule has 2 N–H and O–H groups in total. The molecule has 18 heavy (non-hydrogen) atoms. The van der Waals surface area contributed by atoms with Crippen molar-refractivity contribution < 1.29 is 22.1 Å². The predicted molar refractivity (Wildman–Crippen MR) is 63.5 cm³/mol. The van der Waals surface area contributed by atoms with Gasteiger partial charge in [0.25, 0.3) is 0 Å². The van der Waals surface area contributed by atoms with Gasteiger partial charge in [-0.1, -0.05) is 12.1 Å². The Morgan fingerprint density at radius 3 is 2.33 bits per heavy atom. The minimum absolute atomic E-state index is 0.168. The van der Waals surface area contributed by atoms with Crippen molar-refractivity contribution in [2.45, 2.75) is 25.1 Å². The number of nitrogens with two attached hydrogens (primary N) is 1. The van der Waals surface area contributed by atoms with Gasteiger partial charge in [-0.05, 0) is 24.6 Å². The van der Waals surface area contributed by atoms with E-state index in [4.69, 9.17) is 5.73 Å². The molecular formula is C11H14F3NO2S. The third-order valence-corrected chi connectivity index (χ3v) is 3.49. The minimum atomic E-state index is -4.70. The molecule has 2 atom stereocenters. The van der Waals surface area contributed by atoms with Crippen LogP contribution < -0.4 is 10.5 Å². The molecule has 0 bridgehead atoms. The summed E-state index contributed by atoms with van der Waals surface area (Å²) in [7, 11) is -1.11. The molecule has 0 aromatic heterocycles. The molecule has 1 aromatic carbocycles.